The highest BCUT2D eigenvalue weighted by Crippen LogP contribution is 2.50. The molecule has 2 aliphatic heterocycles. The summed E-state index contributed by atoms with van der Waals surface area (Å²) in [5.41, 5.74) is -0.632. The summed E-state index contributed by atoms with van der Waals surface area (Å²) in [5.74, 6) is -0.403. The molecule has 2 fully saturated rings. The molecule has 30 heavy (non-hydrogen) atoms. The normalized spacial score (nSPS) is 23.9. The highest BCUT2D eigenvalue weighted by Gasteiger charge is 2.59. The van der Waals surface area contributed by atoms with Gasteiger partial charge in [0.25, 0.3) is 0 Å². The lowest BCUT2D eigenvalue weighted by molar-refractivity contribution is 0.00528. The molecule has 0 saturated carbocycles. The Labute approximate surface area is 181 Å². The van der Waals surface area contributed by atoms with Gasteiger partial charge in [0.2, 0.25) is 0 Å². The zero-order chi connectivity index (χ0) is 22.0. The van der Waals surface area contributed by atoms with Gasteiger partial charge in [0.05, 0.1) is 16.1 Å². The molecule has 0 spiro atoms. The fourth-order valence-electron chi connectivity index (χ4n) is 5.01. The van der Waals surface area contributed by atoms with Gasteiger partial charge in [0.15, 0.2) is 5.82 Å². The van der Waals surface area contributed by atoms with Crippen LogP contribution < -0.4 is 4.90 Å². The summed E-state index contributed by atoms with van der Waals surface area (Å²) >= 11 is 3.18. The molecule has 4 rings (SSSR count). The van der Waals surface area contributed by atoms with E-state index in [2.05, 4.69) is 32.5 Å². The van der Waals surface area contributed by atoms with E-state index in [4.69, 9.17) is 0 Å². The number of halogens is 3. The molecule has 2 saturated heterocycles. The number of piperazine rings is 1. The summed E-state index contributed by atoms with van der Waals surface area (Å²) in [6, 6.07) is 1.43. The molecule has 0 radical (unpaired) electrons. The van der Waals surface area contributed by atoms with Crippen LogP contribution in [0.5, 0.6) is 0 Å². The van der Waals surface area contributed by atoms with Crippen molar-refractivity contribution in [3.63, 3.8) is 0 Å². The van der Waals surface area contributed by atoms with E-state index in [0.29, 0.717) is 36.9 Å². The van der Waals surface area contributed by atoms with E-state index < -0.39 is 23.5 Å². The Kier molecular flexibility index (Phi) is 4.80. The number of hydrogen-bond donors (Lipinski definition) is 1. The van der Waals surface area contributed by atoms with E-state index in [1.165, 1.54) is 6.08 Å². The summed E-state index contributed by atoms with van der Waals surface area (Å²) in [7, 11) is 0. The number of nitrogens with zero attached hydrogens (tertiary/aromatic N) is 4. The highest BCUT2D eigenvalue weighted by atomic mass is 79.9. The predicted molar refractivity (Wildman–Crippen MR) is 115 cm³/mol. The van der Waals surface area contributed by atoms with E-state index in [1.807, 2.05) is 25.7 Å². The van der Waals surface area contributed by atoms with Gasteiger partial charge < -0.3 is 10.0 Å². The predicted octanol–water partition coefficient (Wildman–Crippen LogP) is 5.06. The number of carbonyl (C=O) groups is 1. The molecule has 2 unspecified atom stereocenters. The van der Waals surface area contributed by atoms with Crippen LogP contribution in [0.4, 0.5) is 19.4 Å². The van der Waals surface area contributed by atoms with Gasteiger partial charge in [-0.2, -0.15) is 14.4 Å². The van der Waals surface area contributed by atoms with Crippen molar-refractivity contribution >= 4 is 44.8 Å². The van der Waals surface area contributed by atoms with Crippen LogP contribution in [0.15, 0.2) is 17.1 Å². The maximum absolute atomic E-state index is 14.9. The molecule has 1 aromatic heterocycles. The smallest absolute Gasteiger partial charge is 0.408 e. The average molecular weight is 481 g/mol. The van der Waals surface area contributed by atoms with Crippen molar-refractivity contribution in [3.05, 3.63) is 34.6 Å². The molecule has 160 valence electrons. The number of aromatic nitrogens is 2. The number of benzene rings is 1. The first-order valence-electron chi connectivity index (χ1n) is 9.75. The first-order chi connectivity index (χ1) is 14.0. The highest BCUT2D eigenvalue weighted by molar-refractivity contribution is 9.10. The summed E-state index contributed by atoms with van der Waals surface area (Å²) in [4.78, 5) is 23.2. The lowest BCUT2D eigenvalue weighted by atomic mass is 9.71. The second-order valence-electron chi connectivity index (χ2n) is 9.02. The maximum atomic E-state index is 14.9. The lowest BCUT2D eigenvalue weighted by Gasteiger charge is -2.54. The van der Waals surface area contributed by atoms with E-state index in [0.717, 1.165) is 0 Å². The topological polar surface area (TPSA) is 69.6 Å². The number of fused-ring (bicyclic) bond motifs is 3. The molecule has 2 aliphatic rings. The average Bonchev–Trinajstić information content (AvgIpc) is 2.92. The van der Waals surface area contributed by atoms with Crippen LogP contribution in [0.25, 0.3) is 17.0 Å². The van der Waals surface area contributed by atoms with Crippen molar-refractivity contribution < 1.29 is 18.7 Å². The molecule has 9 heteroatoms. The fraction of sp³-hybridized carbons (Fsp3) is 0.476. The number of amides is 1. The number of carboxylic acid groups (broad SMARTS) is 1. The Bertz CT molecular complexity index is 1070. The van der Waals surface area contributed by atoms with Gasteiger partial charge in [-0.3, -0.25) is 4.90 Å². The zero-order valence-electron chi connectivity index (χ0n) is 17.0. The Morgan fingerprint density at radius 1 is 1.40 bits per heavy atom. The standard InChI is InChI=1S/C21H23BrF2N4O2/c1-5-11-8-13-16(15(23)14(11)22)25-18(24)26-17(13)27-9-12-6-7-21(10-27,20(2,3)4)28(12)19(29)30/h5,8,12H,1,6-7,9-10H2,2-4H3,(H,29,30). The zero-order valence-corrected chi connectivity index (χ0v) is 18.6. The van der Waals surface area contributed by atoms with Gasteiger partial charge in [0.1, 0.15) is 11.3 Å². The maximum Gasteiger partial charge on any atom is 0.408 e. The van der Waals surface area contributed by atoms with Crippen molar-refractivity contribution in [2.75, 3.05) is 18.0 Å². The summed E-state index contributed by atoms with van der Waals surface area (Å²) in [6.45, 7) is 10.4. The second kappa shape index (κ2) is 6.87. The Morgan fingerprint density at radius 2 is 2.10 bits per heavy atom. The summed E-state index contributed by atoms with van der Waals surface area (Å²) < 4.78 is 29.4. The Morgan fingerprint density at radius 3 is 2.70 bits per heavy atom. The summed E-state index contributed by atoms with van der Waals surface area (Å²) in [5, 5.41) is 10.3. The molecule has 2 atom stereocenters. The molecule has 2 bridgehead atoms. The van der Waals surface area contributed by atoms with Gasteiger partial charge in [-0.05, 0) is 45.8 Å². The molecule has 0 aliphatic carbocycles. The number of hydrogen-bond acceptors (Lipinski definition) is 4. The molecular weight excluding hydrogens is 458 g/mol. The van der Waals surface area contributed by atoms with Crippen LogP contribution in [0.2, 0.25) is 0 Å². The van der Waals surface area contributed by atoms with Crippen molar-refractivity contribution in [1.29, 1.82) is 0 Å². The van der Waals surface area contributed by atoms with E-state index in [1.54, 1.807) is 11.0 Å². The van der Waals surface area contributed by atoms with Crippen molar-refractivity contribution in [2.24, 2.45) is 5.41 Å². The molecule has 1 N–H and O–H groups in total. The van der Waals surface area contributed by atoms with Crippen LogP contribution in [0.3, 0.4) is 0 Å². The van der Waals surface area contributed by atoms with Crippen LogP contribution in [0, 0.1) is 17.3 Å². The lowest BCUT2D eigenvalue weighted by Crippen LogP contribution is -2.68. The third-order valence-electron chi connectivity index (χ3n) is 6.57. The third-order valence-corrected chi connectivity index (χ3v) is 7.38. The van der Waals surface area contributed by atoms with E-state index in [9.17, 15) is 18.7 Å². The van der Waals surface area contributed by atoms with Crippen LogP contribution in [-0.2, 0) is 0 Å². The number of rotatable bonds is 2. The molecule has 3 heterocycles. The molecule has 2 aromatic rings. The van der Waals surface area contributed by atoms with Gasteiger partial charge >= 0.3 is 12.2 Å². The Balaban J connectivity index is 1.91. The SMILES string of the molecule is C=Cc1cc2c(N3CC4CCC(C(C)(C)C)(C3)N4C(=O)O)nc(F)nc2c(F)c1Br. The van der Waals surface area contributed by atoms with E-state index in [-0.39, 0.29) is 27.3 Å². The minimum Gasteiger partial charge on any atom is -0.465 e. The van der Waals surface area contributed by atoms with Crippen molar-refractivity contribution in [3.8, 4) is 0 Å². The van der Waals surface area contributed by atoms with E-state index >= 15 is 0 Å². The quantitative estimate of drug-likeness (QED) is 0.608. The largest absolute Gasteiger partial charge is 0.465 e. The monoisotopic (exact) mass is 480 g/mol. The van der Waals surface area contributed by atoms with Crippen molar-refractivity contribution in [1.82, 2.24) is 14.9 Å². The first kappa shape index (κ1) is 21.0. The van der Waals surface area contributed by atoms with Gasteiger partial charge in [-0.25, -0.2) is 9.18 Å². The van der Waals surface area contributed by atoms with Crippen LogP contribution >= 0.6 is 15.9 Å². The van der Waals surface area contributed by atoms with Crippen LogP contribution in [-0.4, -0.2) is 50.7 Å². The molecular formula is C21H23BrF2N4O2. The molecule has 1 aromatic carbocycles. The minimum absolute atomic E-state index is 0.118. The van der Waals surface area contributed by atoms with Gasteiger partial charge in [-0.1, -0.05) is 33.4 Å². The van der Waals surface area contributed by atoms with Gasteiger partial charge in [-0.15, -0.1) is 0 Å². The molecule has 1 amide bonds. The Hall–Kier alpha value is -2.29. The minimum atomic E-state index is -1.02. The fourth-order valence-corrected chi connectivity index (χ4v) is 5.48. The van der Waals surface area contributed by atoms with Crippen LogP contribution in [0.1, 0.15) is 39.2 Å². The third kappa shape index (κ3) is 2.89. The second-order valence-corrected chi connectivity index (χ2v) is 9.81. The van der Waals surface area contributed by atoms with Gasteiger partial charge in [0, 0.05) is 18.5 Å². The summed E-state index contributed by atoms with van der Waals surface area (Å²) in [6.07, 6.45) is 0.946. The molecule has 6 nitrogen and oxygen atoms in total. The first-order valence-corrected chi connectivity index (χ1v) is 10.5. The van der Waals surface area contributed by atoms with Crippen molar-refractivity contribution in [2.45, 2.75) is 45.2 Å². The number of anilines is 1.